The molecule has 1 aromatic rings. The Kier molecular flexibility index (Phi) is 6.47. The van der Waals surface area contributed by atoms with E-state index in [1.165, 1.54) is 0 Å². The minimum Gasteiger partial charge on any atom is -0.387 e. The van der Waals surface area contributed by atoms with E-state index in [9.17, 15) is 5.11 Å². The molecular weight excluding hydrogens is 252 g/mol. The maximum atomic E-state index is 10.2. The van der Waals surface area contributed by atoms with Gasteiger partial charge in [0.05, 0.1) is 19.3 Å². The Labute approximate surface area is 121 Å². The number of aliphatic hydroxyl groups excluding tert-OH is 1. The van der Waals surface area contributed by atoms with Crippen LogP contribution < -0.4 is 5.32 Å². The first-order valence-electron chi connectivity index (χ1n) is 7.54. The number of benzene rings is 1. The minimum atomic E-state index is -0.445. The predicted octanol–water partition coefficient (Wildman–Crippen LogP) is 1.42. The highest BCUT2D eigenvalue weighted by atomic mass is 16.5. The second kappa shape index (κ2) is 8.37. The van der Waals surface area contributed by atoms with E-state index in [4.69, 9.17) is 4.74 Å². The van der Waals surface area contributed by atoms with Gasteiger partial charge in [0.25, 0.3) is 0 Å². The van der Waals surface area contributed by atoms with Gasteiger partial charge in [0.2, 0.25) is 0 Å². The number of morpholine rings is 1. The van der Waals surface area contributed by atoms with Crippen molar-refractivity contribution in [2.24, 2.45) is 0 Å². The number of hydrogen-bond acceptors (Lipinski definition) is 4. The van der Waals surface area contributed by atoms with E-state index in [0.29, 0.717) is 0 Å². The maximum Gasteiger partial charge on any atom is 0.0940 e. The summed E-state index contributed by atoms with van der Waals surface area (Å²) in [6, 6.07) is 9.90. The van der Waals surface area contributed by atoms with Crippen LogP contribution in [0.3, 0.4) is 0 Å². The van der Waals surface area contributed by atoms with Crippen LogP contribution in [0.2, 0.25) is 0 Å². The Balaban J connectivity index is 1.63. The van der Waals surface area contributed by atoms with Crippen LogP contribution in [-0.2, 0) is 4.74 Å². The van der Waals surface area contributed by atoms with Crippen molar-refractivity contribution in [3.8, 4) is 0 Å². The average Bonchev–Trinajstić information content (AvgIpc) is 2.52. The molecule has 0 spiro atoms. The number of nitrogens with one attached hydrogen (secondary N) is 1. The summed E-state index contributed by atoms with van der Waals surface area (Å²) in [5, 5.41) is 13.7. The van der Waals surface area contributed by atoms with Crippen molar-refractivity contribution in [2.75, 3.05) is 39.4 Å². The van der Waals surface area contributed by atoms with E-state index in [-0.39, 0.29) is 6.04 Å². The van der Waals surface area contributed by atoms with Gasteiger partial charge in [0.1, 0.15) is 0 Å². The molecule has 0 aromatic heterocycles. The van der Waals surface area contributed by atoms with Gasteiger partial charge in [-0.3, -0.25) is 4.90 Å². The Hall–Kier alpha value is -0.940. The number of aliphatic hydroxyl groups is 1. The second-order valence-corrected chi connectivity index (χ2v) is 5.41. The Morgan fingerprint density at radius 2 is 1.95 bits per heavy atom. The number of nitrogens with zero attached hydrogens (tertiary/aromatic N) is 1. The molecule has 1 aromatic carbocycles. The van der Waals surface area contributed by atoms with E-state index >= 15 is 0 Å². The lowest BCUT2D eigenvalue weighted by atomic mass is 10.0. The molecule has 1 fully saturated rings. The molecule has 2 unspecified atom stereocenters. The molecule has 0 amide bonds. The molecule has 4 nitrogen and oxygen atoms in total. The summed E-state index contributed by atoms with van der Waals surface area (Å²) in [5.41, 5.74) is 0.973. The van der Waals surface area contributed by atoms with Gasteiger partial charge >= 0.3 is 0 Å². The molecule has 4 heteroatoms. The lowest BCUT2D eigenvalue weighted by Gasteiger charge is -2.27. The van der Waals surface area contributed by atoms with Crippen LogP contribution in [0.25, 0.3) is 0 Å². The van der Waals surface area contributed by atoms with Crippen molar-refractivity contribution in [2.45, 2.75) is 25.5 Å². The van der Waals surface area contributed by atoms with Gasteiger partial charge in [-0.1, -0.05) is 30.3 Å². The third-order valence-electron chi connectivity index (χ3n) is 3.84. The molecule has 2 N–H and O–H groups in total. The molecule has 1 aliphatic heterocycles. The van der Waals surface area contributed by atoms with Crippen LogP contribution in [0, 0.1) is 0 Å². The summed E-state index contributed by atoms with van der Waals surface area (Å²) >= 11 is 0. The van der Waals surface area contributed by atoms with Gasteiger partial charge < -0.3 is 15.2 Å². The summed E-state index contributed by atoms with van der Waals surface area (Å²) in [4.78, 5) is 2.43. The summed E-state index contributed by atoms with van der Waals surface area (Å²) in [6.07, 6.45) is 0.658. The molecule has 20 heavy (non-hydrogen) atoms. The smallest absolute Gasteiger partial charge is 0.0940 e. The fourth-order valence-electron chi connectivity index (χ4n) is 2.51. The molecular formula is C16H26N2O2. The van der Waals surface area contributed by atoms with Crippen LogP contribution in [0.15, 0.2) is 30.3 Å². The Morgan fingerprint density at radius 1 is 1.25 bits per heavy atom. The third-order valence-corrected chi connectivity index (χ3v) is 3.84. The van der Waals surface area contributed by atoms with Gasteiger partial charge in [-0.05, 0) is 32.0 Å². The van der Waals surface area contributed by atoms with Crippen LogP contribution in [0.4, 0.5) is 0 Å². The Bertz CT molecular complexity index is 366. The molecule has 2 atom stereocenters. The molecule has 1 heterocycles. The summed E-state index contributed by atoms with van der Waals surface area (Å²) < 4.78 is 5.33. The van der Waals surface area contributed by atoms with Gasteiger partial charge in [-0.25, -0.2) is 0 Å². The zero-order valence-corrected chi connectivity index (χ0v) is 12.3. The van der Waals surface area contributed by atoms with E-state index < -0.39 is 6.10 Å². The molecule has 112 valence electrons. The van der Waals surface area contributed by atoms with Gasteiger partial charge in [-0.2, -0.15) is 0 Å². The van der Waals surface area contributed by atoms with Crippen molar-refractivity contribution in [3.05, 3.63) is 35.9 Å². The SMILES string of the molecule is CC(NCCCN1CCOCC1)C(O)c1ccccc1. The minimum absolute atomic E-state index is 0.0714. The number of ether oxygens (including phenoxy) is 1. The molecule has 0 bridgehead atoms. The summed E-state index contributed by atoms with van der Waals surface area (Å²) in [7, 11) is 0. The fraction of sp³-hybridized carbons (Fsp3) is 0.625. The van der Waals surface area contributed by atoms with Crippen LogP contribution in [0.1, 0.15) is 25.0 Å². The highest BCUT2D eigenvalue weighted by Gasteiger charge is 2.15. The molecule has 0 saturated carbocycles. The largest absolute Gasteiger partial charge is 0.387 e. The van der Waals surface area contributed by atoms with Crippen molar-refractivity contribution < 1.29 is 9.84 Å². The van der Waals surface area contributed by atoms with Crippen molar-refractivity contribution in [1.29, 1.82) is 0 Å². The second-order valence-electron chi connectivity index (χ2n) is 5.41. The maximum absolute atomic E-state index is 10.2. The first-order valence-corrected chi connectivity index (χ1v) is 7.54. The van der Waals surface area contributed by atoms with E-state index in [1.54, 1.807) is 0 Å². The summed E-state index contributed by atoms with van der Waals surface area (Å²) in [5.74, 6) is 0. The zero-order chi connectivity index (χ0) is 14.2. The van der Waals surface area contributed by atoms with Gasteiger partial charge in [0.15, 0.2) is 0 Å². The highest BCUT2D eigenvalue weighted by molar-refractivity contribution is 5.18. The van der Waals surface area contributed by atoms with Crippen LogP contribution in [-0.4, -0.2) is 55.4 Å². The van der Waals surface area contributed by atoms with Crippen molar-refractivity contribution in [3.63, 3.8) is 0 Å². The monoisotopic (exact) mass is 278 g/mol. The fourth-order valence-corrected chi connectivity index (χ4v) is 2.51. The average molecular weight is 278 g/mol. The lowest BCUT2D eigenvalue weighted by molar-refractivity contribution is 0.0371. The number of hydrogen-bond donors (Lipinski definition) is 2. The topological polar surface area (TPSA) is 44.7 Å². The van der Waals surface area contributed by atoms with Crippen LogP contribution >= 0.6 is 0 Å². The molecule has 0 radical (unpaired) electrons. The highest BCUT2D eigenvalue weighted by Crippen LogP contribution is 2.15. The quantitative estimate of drug-likeness (QED) is 0.741. The normalized spacial score (nSPS) is 19.7. The van der Waals surface area contributed by atoms with Crippen molar-refractivity contribution >= 4 is 0 Å². The van der Waals surface area contributed by atoms with Crippen molar-refractivity contribution in [1.82, 2.24) is 10.2 Å². The van der Waals surface area contributed by atoms with Gasteiger partial charge in [0, 0.05) is 19.1 Å². The van der Waals surface area contributed by atoms with Gasteiger partial charge in [-0.15, -0.1) is 0 Å². The van der Waals surface area contributed by atoms with Crippen LogP contribution in [0.5, 0.6) is 0 Å². The summed E-state index contributed by atoms with van der Waals surface area (Å²) in [6.45, 7) is 7.87. The first kappa shape index (κ1) is 15.4. The Morgan fingerprint density at radius 3 is 2.65 bits per heavy atom. The third kappa shape index (κ3) is 4.87. The molecule has 2 rings (SSSR count). The standard InChI is InChI=1S/C16H26N2O2/c1-14(16(19)15-6-3-2-4-7-15)17-8-5-9-18-10-12-20-13-11-18/h2-4,6-7,14,16-17,19H,5,8-13H2,1H3. The van der Waals surface area contributed by atoms with E-state index in [2.05, 4.69) is 10.2 Å². The number of rotatable bonds is 7. The lowest BCUT2D eigenvalue weighted by Crippen LogP contribution is -2.39. The molecule has 1 aliphatic rings. The first-order chi connectivity index (χ1) is 9.77. The van der Waals surface area contributed by atoms with E-state index in [0.717, 1.165) is 51.4 Å². The molecule has 1 saturated heterocycles. The van der Waals surface area contributed by atoms with E-state index in [1.807, 2.05) is 37.3 Å². The molecule has 0 aliphatic carbocycles. The predicted molar refractivity (Wildman–Crippen MR) is 80.7 cm³/mol. The zero-order valence-electron chi connectivity index (χ0n) is 12.3.